The van der Waals surface area contributed by atoms with Crippen LogP contribution in [0.4, 0.5) is 5.69 Å². The van der Waals surface area contributed by atoms with Crippen molar-refractivity contribution in [3.8, 4) is 0 Å². The van der Waals surface area contributed by atoms with Gasteiger partial charge in [0.15, 0.2) is 0 Å². The molecular weight excluding hydrogens is 382 g/mol. The number of nitrogens with one attached hydrogen (secondary N) is 2. The number of benzene rings is 2. The van der Waals surface area contributed by atoms with E-state index in [4.69, 9.17) is 0 Å². The van der Waals surface area contributed by atoms with Gasteiger partial charge in [0, 0.05) is 31.4 Å². The van der Waals surface area contributed by atoms with Crippen molar-refractivity contribution >= 4 is 29.5 Å². The molecular formula is C23H27N3O4. The fraction of sp³-hybridized carbons (Fsp3) is 0.261. The molecule has 0 unspecified atom stereocenters. The van der Waals surface area contributed by atoms with E-state index >= 15 is 0 Å². The Morgan fingerprint density at radius 2 is 1.73 bits per heavy atom. The first-order valence-corrected chi connectivity index (χ1v) is 9.53. The van der Waals surface area contributed by atoms with Crippen LogP contribution in [-0.4, -0.2) is 43.5 Å². The number of anilines is 1. The van der Waals surface area contributed by atoms with Crippen LogP contribution in [0.2, 0.25) is 0 Å². The molecule has 0 aliphatic carbocycles. The van der Waals surface area contributed by atoms with Crippen molar-refractivity contribution in [2.45, 2.75) is 20.5 Å². The fourth-order valence-corrected chi connectivity index (χ4v) is 3.02. The molecule has 0 aromatic heterocycles. The molecule has 0 radical (unpaired) electrons. The second-order valence-corrected chi connectivity index (χ2v) is 6.87. The first kappa shape index (κ1) is 22.8. The summed E-state index contributed by atoms with van der Waals surface area (Å²) in [4.78, 5) is 37.5. The predicted octanol–water partition coefficient (Wildman–Crippen LogP) is 1.95. The molecule has 0 atom stereocenters. The topological polar surface area (TPSA) is 98.7 Å². The van der Waals surface area contributed by atoms with E-state index in [1.165, 1.54) is 11.0 Å². The van der Waals surface area contributed by atoms with Gasteiger partial charge >= 0.3 is 0 Å². The fourth-order valence-electron chi connectivity index (χ4n) is 3.02. The van der Waals surface area contributed by atoms with Crippen LogP contribution in [0.15, 0.2) is 42.5 Å². The second kappa shape index (κ2) is 10.4. The van der Waals surface area contributed by atoms with Crippen molar-refractivity contribution < 1.29 is 19.5 Å². The zero-order valence-electron chi connectivity index (χ0n) is 17.7. The molecule has 0 spiro atoms. The predicted molar refractivity (Wildman–Crippen MR) is 117 cm³/mol. The number of hydrogen-bond acceptors (Lipinski definition) is 4. The van der Waals surface area contributed by atoms with E-state index in [9.17, 15) is 19.5 Å². The minimum atomic E-state index is -0.399. The molecule has 3 N–H and O–H groups in total. The van der Waals surface area contributed by atoms with Crippen LogP contribution in [0.1, 0.15) is 32.6 Å². The molecule has 0 fully saturated rings. The number of nitrogens with zero attached hydrogens (tertiary/aromatic N) is 1. The Bertz CT molecular complexity index is 965. The number of carbonyl (C=O) groups is 3. The van der Waals surface area contributed by atoms with Crippen LogP contribution in [0.3, 0.4) is 0 Å². The molecule has 0 bridgehead atoms. The van der Waals surface area contributed by atoms with E-state index in [0.29, 0.717) is 11.3 Å². The van der Waals surface area contributed by atoms with E-state index in [0.717, 1.165) is 22.3 Å². The van der Waals surface area contributed by atoms with Crippen molar-refractivity contribution in [3.05, 3.63) is 70.3 Å². The third-order valence-electron chi connectivity index (χ3n) is 4.94. The lowest BCUT2D eigenvalue weighted by Crippen LogP contribution is -2.38. The number of rotatable bonds is 7. The Balaban J connectivity index is 1.95. The van der Waals surface area contributed by atoms with Crippen LogP contribution < -0.4 is 15.5 Å². The average molecular weight is 409 g/mol. The molecule has 3 amide bonds. The van der Waals surface area contributed by atoms with Crippen molar-refractivity contribution in [1.29, 1.82) is 0 Å². The Morgan fingerprint density at radius 1 is 1.07 bits per heavy atom. The minimum Gasteiger partial charge on any atom is -0.392 e. The number of aliphatic hydroxyl groups excluding tert-OH is 1. The third kappa shape index (κ3) is 5.55. The Labute approximate surface area is 176 Å². The van der Waals surface area contributed by atoms with Crippen LogP contribution >= 0.6 is 0 Å². The quantitative estimate of drug-likeness (QED) is 0.609. The summed E-state index contributed by atoms with van der Waals surface area (Å²) in [5.74, 6) is -0.854. The molecule has 0 aliphatic heterocycles. The van der Waals surface area contributed by atoms with E-state index in [-0.39, 0.29) is 25.0 Å². The third-order valence-corrected chi connectivity index (χ3v) is 4.94. The number of aryl methyl sites for hydroxylation is 1. The van der Waals surface area contributed by atoms with Gasteiger partial charge in [-0.15, -0.1) is 0 Å². The minimum absolute atomic E-state index is 0.0981. The van der Waals surface area contributed by atoms with Gasteiger partial charge in [-0.3, -0.25) is 14.4 Å². The largest absolute Gasteiger partial charge is 0.392 e. The van der Waals surface area contributed by atoms with E-state index in [2.05, 4.69) is 10.6 Å². The lowest BCUT2D eigenvalue weighted by atomic mass is 10.0. The second-order valence-electron chi connectivity index (χ2n) is 6.87. The molecule has 2 rings (SSSR count). The lowest BCUT2D eigenvalue weighted by Gasteiger charge is -2.22. The maximum absolute atomic E-state index is 12.5. The highest BCUT2D eigenvalue weighted by Crippen LogP contribution is 2.25. The average Bonchev–Trinajstić information content (AvgIpc) is 2.75. The maximum atomic E-state index is 12.5. The Morgan fingerprint density at radius 3 is 2.33 bits per heavy atom. The molecule has 30 heavy (non-hydrogen) atoms. The number of aliphatic hydroxyl groups is 1. The van der Waals surface area contributed by atoms with E-state index in [1.807, 2.05) is 26.0 Å². The normalized spacial score (nSPS) is 10.7. The highest BCUT2D eigenvalue weighted by molar-refractivity contribution is 5.99. The van der Waals surface area contributed by atoms with Gasteiger partial charge in [-0.2, -0.15) is 0 Å². The summed E-state index contributed by atoms with van der Waals surface area (Å²) in [6.45, 7) is 3.51. The number of likely N-dealkylation sites (N-methyl/N-ethyl adjacent to an activating group) is 1. The Hall–Kier alpha value is -3.45. The summed E-state index contributed by atoms with van der Waals surface area (Å²) in [7, 11) is 3.20. The number of amides is 3. The van der Waals surface area contributed by atoms with Crippen LogP contribution in [0.25, 0.3) is 6.08 Å². The van der Waals surface area contributed by atoms with Gasteiger partial charge in [-0.05, 0) is 60.4 Å². The summed E-state index contributed by atoms with van der Waals surface area (Å²) in [5, 5.41) is 14.7. The molecule has 0 heterocycles. The van der Waals surface area contributed by atoms with Crippen LogP contribution in [0.5, 0.6) is 0 Å². The molecule has 7 heteroatoms. The lowest BCUT2D eigenvalue weighted by molar-refractivity contribution is -0.122. The number of carbonyl (C=O) groups excluding carboxylic acids is 3. The van der Waals surface area contributed by atoms with Gasteiger partial charge in [0.1, 0.15) is 0 Å². The Kier molecular flexibility index (Phi) is 7.89. The molecule has 0 aliphatic rings. The molecule has 2 aromatic rings. The first-order chi connectivity index (χ1) is 14.3. The summed E-state index contributed by atoms with van der Waals surface area (Å²) in [6.07, 6.45) is 2.94. The summed E-state index contributed by atoms with van der Waals surface area (Å²) < 4.78 is 0. The van der Waals surface area contributed by atoms with Gasteiger partial charge in [-0.25, -0.2) is 0 Å². The standard InChI is InChI=1S/C23H27N3O4/c1-15-5-11-20(16(2)19(15)14-27)26(4)22(29)13-25-21(28)12-8-17-6-9-18(10-7-17)23(30)24-3/h5-12,27H,13-14H2,1-4H3,(H,24,30)(H,25,28). The van der Waals surface area contributed by atoms with Crippen LogP contribution in [0, 0.1) is 13.8 Å². The van der Waals surface area contributed by atoms with Crippen molar-refractivity contribution in [1.82, 2.24) is 10.6 Å². The molecule has 0 saturated heterocycles. The maximum Gasteiger partial charge on any atom is 0.251 e. The SMILES string of the molecule is CNC(=O)c1ccc(C=CC(=O)NCC(=O)N(C)c2ccc(C)c(CO)c2C)cc1. The van der Waals surface area contributed by atoms with Crippen molar-refractivity contribution in [3.63, 3.8) is 0 Å². The van der Waals surface area contributed by atoms with Gasteiger partial charge in [0.25, 0.3) is 5.91 Å². The van der Waals surface area contributed by atoms with Crippen LogP contribution in [-0.2, 0) is 16.2 Å². The van der Waals surface area contributed by atoms with Gasteiger partial charge < -0.3 is 20.6 Å². The van der Waals surface area contributed by atoms with Crippen molar-refractivity contribution in [2.75, 3.05) is 25.5 Å². The molecule has 7 nitrogen and oxygen atoms in total. The van der Waals surface area contributed by atoms with Crippen molar-refractivity contribution in [2.24, 2.45) is 0 Å². The highest BCUT2D eigenvalue weighted by atomic mass is 16.3. The van der Waals surface area contributed by atoms with Gasteiger partial charge in [-0.1, -0.05) is 18.2 Å². The smallest absolute Gasteiger partial charge is 0.251 e. The first-order valence-electron chi connectivity index (χ1n) is 9.53. The van der Waals surface area contributed by atoms with Gasteiger partial charge in [0.2, 0.25) is 11.8 Å². The van der Waals surface area contributed by atoms with E-state index < -0.39 is 5.91 Å². The van der Waals surface area contributed by atoms with E-state index in [1.54, 1.807) is 44.4 Å². The highest BCUT2D eigenvalue weighted by Gasteiger charge is 2.16. The summed E-state index contributed by atoms with van der Waals surface area (Å²) in [5.41, 5.74) is 4.56. The summed E-state index contributed by atoms with van der Waals surface area (Å²) in [6, 6.07) is 10.5. The number of hydrogen-bond donors (Lipinski definition) is 3. The van der Waals surface area contributed by atoms with Gasteiger partial charge in [0.05, 0.1) is 13.2 Å². The zero-order valence-corrected chi connectivity index (χ0v) is 17.7. The summed E-state index contributed by atoms with van der Waals surface area (Å²) >= 11 is 0. The zero-order chi connectivity index (χ0) is 22.3. The molecule has 158 valence electrons. The molecule has 2 aromatic carbocycles. The molecule has 0 saturated carbocycles. The monoisotopic (exact) mass is 409 g/mol.